The number of aromatic nitrogens is 4. The van der Waals surface area contributed by atoms with Crippen LogP contribution in [0, 0.1) is 0 Å². The van der Waals surface area contributed by atoms with E-state index in [2.05, 4.69) is 25.5 Å². The van der Waals surface area contributed by atoms with Gasteiger partial charge in [0.05, 0.1) is 24.9 Å². The van der Waals surface area contributed by atoms with Gasteiger partial charge < -0.3 is 10.1 Å². The van der Waals surface area contributed by atoms with E-state index in [1.165, 1.54) is 6.33 Å². The third-order valence-electron chi connectivity index (χ3n) is 2.42. The third kappa shape index (κ3) is 1.84. The molecule has 0 amide bonds. The van der Waals surface area contributed by atoms with Crippen LogP contribution in [0.25, 0.3) is 10.8 Å². The Kier molecular flexibility index (Phi) is 2.65. The number of nitrogens with zero attached hydrogens (tertiary/aromatic N) is 3. The van der Waals surface area contributed by atoms with Crippen LogP contribution in [0.3, 0.4) is 0 Å². The Morgan fingerprint density at radius 3 is 3.25 bits per heavy atom. The number of H-pyrrole nitrogens is 1. The maximum atomic E-state index is 5.40. The van der Waals surface area contributed by atoms with E-state index < -0.39 is 0 Å². The third-order valence-corrected chi connectivity index (χ3v) is 3.29. The summed E-state index contributed by atoms with van der Waals surface area (Å²) in [6.45, 7) is 2.33. The molecule has 2 aromatic heterocycles. The lowest BCUT2D eigenvalue weighted by molar-refractivity contribution is 0.0758. The molecule has 0 aliphatic carbocycles. The highest BCUT2D eigenvalue weighted by atomic mass is 32.1. The Hall–Kier alpha value is -1.31. The molecule has 3 rings (SSSR count). The molecule has 1 atom stereocenters. The zero-order valence-electron chi connectivity index (χ0n) is 8.51. The fraction of sp³-hybridized carbons (Fsp3) is 0.444. The minimum Gasteiger partial charge on any atom is -0.378 e. The molecule has 84 valence electrons. The summed E-state index contributed by atoms with van der Waals surface area (Å²) >= 11 is 1.56. The fourth-order valence-electron chi connectivity index (χ4n) is 1.62. The van der Waals surface area contributed by atoms with Gasteiger partial charge >= 0.3 is 0 Å². The van der Waals surface area contributed by atoms with Crippen LogP contribution in [0.1, 0.15) is 11.7 Å². The molecule has 0 aromatic carbocycles. The smallest absolute Gasteiger partial charge is 0.184 e. The van der Waals surface area contributed by atoms with Crippen LogP contribution in [0.4, 0.5) is 0 Å². The van der Waals surface area contributed by atoms with Crippen molar-refractivity contribution >= 4 is 11.3 Å². The molecule has 1 unspecified atom stereocenters. The van der Waals surface area contributed by atoms with Gasteiger partial charge in [-0.05, 0) is 0 Å². The van der Waals surface area contributed by atoms with Crippen molar-refractivity contribution in [3.63, 3.8) is 0 Å². The van der Waals surface area contributed by atoms with Crippen molar-refractivity contribution in [1.82, 2.24) is 25.5 Å². The minimum atomic E-state index is 0.196. The second-order valence-corrected chi connectivity index (χ2v) is 4.35. The minimum absolute atomic E-state index is 0.196. The lowest BCUT2D eigenvalue weighted by Crippen LogP contribution is -2.34. The predicted octanol–water partition coefficient (Wildman–Crippen LogP) is 0.589. The number of nitrogens with one attached hydrogen (secondary N) is 2. The Morgan fingerprint density at radius 2 is 2.50 bits per heavy atom. The van der Waals surface area contributed by atoms with Gasteiger partial charge in [-0.25, -0.2) is 9.97 Å². The van der Waals surface area contributed by atoms with Gasteiger partial charge in [0.25, 0.3) is 0 Å². The van der Waals surface area contributed by atoms with Gasteiger partial charge in [-0.2, -0.15) is 5.10 Å². The molecule has 0 spiro atoms. The van der Waals surface area contributed by atoms with Crippen LogP contribution in [0.15, 0.2) is 11.7 Å². The second-order valence-electron chi connectivity index (χ2n) is 3.49. The lowest BCUT2D eigenvalue weighted by Gasteiger charge is -2.21. The Morgan fingerprint density at radius 1 is 1.50 bits per heavy atom. The van der Waals surface area contributed by atoms with E-state index in [0.717, 1.165) is 23.9 Å². The van der Waals surface area contributed by atoms with Crippen LogP contribution in [-0.4, -0.2) is 39.9 Å². The first kappa shape index (κ1) is 9.88. The highest BCUT2D eigenvalue weighted by Crippen LogP contribution is 2.24. The van der Waals surface area contributed by atoms with Crippen molar-refractivity contribution in [3.05, 3.63) is 17.4 Å². The topological polar surface area (TPSA) is 75.7 Å². The standard InChI is InChI=1S/C9H11N5OS/c1-2-15-3-6(10-1)7-4-16-9(13-7)8-11-5-12-14-8/h4-6,10H,1-3H2,(H,11,12,14). The monoisotopic (exact) mass is 237 g/mol. The molecule has 2 aromatic rings. The molecule has 1 aliphatic heterocycles. The number of thiazole rings is 1. The average Bonchev–Trinajstić information content (AvgIpc) is 3.01. The van der Waals surface area contributed by atoms with Gasteiger partial charge in [-0.3, -0.25) is 5.10 Å². The van der Waals surface area contributed by atoms with Crippen molar-refractivity contribution in [3.8, 4) is 10.8 Å². The summed E-state index contributed by atoms with van der Waals surface area (Å²) in [4.78, 5) is 8.59. The van der Waals surface area contributed by atoms with E-state index in [0.29, 0.717) is 12.4 Å². The summed E-state index contributed by atoms with van der Waals surface area (Å²) in [6, 6.07) is 0.196. The maximum Gasteiger partial charge on any atom is 0.184 e. The van der Waals surface area contributed by atoms with E-state index in [-0.39, 0.29) is 6.04 Å². The zero-order chi connectivity index (χ0) is 10.8. The molecule has 6 nitrogen and oxygen atoms in total. The summed E-state index contributed by atoms with van der Waals surface area (Å²) in [7, 11) is 0. The molecule has 0 bridgehead atoms. The van der Waals surface area contributed by atoms with Gasteiger partial charge in [-0.15, -0.1) is 11.3 Å². The van der Waals surface area contributed by atoms with Crippen LogP contribution in [0.2, 0.25) is 0 Å². The number of morpholine rings is 1. The summed E-state index contributed by atoms with van der Waals surface area (Å²) in [6.07, 6.45) is 1.48. The summed E-state index contributed by atoms with van der Waals surface area (Å²) in [5, 5.41) is 12.9. The van der Waals surface area contributed by atoms with Crippen LogP contribution >= 0.6 is 11.3 Å². The second kappa shape index (κ2) is 4.28. The van der Waals surface area contributed by atoms with E-state index in [1.807, 2.05) is 5.38 Å². The predicted molar refractivity (Wildman–Crippen MR) is 59.1 cm³/mol. The summed E-state index contributed by atoms with van der Waals surface area (Å²) in [5.41, 5.74) is 1.01. The lowest BCUT2D eigenvalue weighted by atomic mass is 10.2. The Bertz CT molecular complexity index is 448. The van der Waals surface area contributed by atoms with Gasteiger partial charge in [0.15, 0.2) is 10.8 Å². The van der Waals surface area contributed by atoms with Gasteiger partial charge in [0.2, 0.25) is 0 Å². The summed E-state index contributed by atoms with van der Waals surface area (Å²) in [5.74, 6) is 0.716. The van der Waals surface area contributed by atoms with Crippen LogP contribution < -0.4 is 5.32 Å². The number of rotatable bonds is 2. The molecular formula is C9H11N5OS. The number of hydrogen-bond donors (Lipinski definition) is 2. The molecule has 1 saturated heterocycles. The van der Waals surface area contributed by atoms with E-state index >= 15 is 0 Å². The van der Waals surface area contributed by atoms with E-state index in [1.54, 1.807) is 11.3 Å². The SMILES string of the molecule is c1n[nH]c(-c2nc(C3COCCN3)cs2)n1. The molecule has 1 fully saturated rings. The molecule has 3 heterocycles. The van der Waals surface area contributed by atoms with Gasteiger partial charge in [0, 0.05) is 11.9 Å². The molecule has 16 heavy (non-hydrogen) atoms. The van der Waals surface area contributed by atoms with Crippen molar-refractivity contribution in [2.24, 2.45) is 0 Å². The van der Waals surface area contributed by atoms with Crippen molar-refractivity contribution in [2.45, 2.75) is 6.04 Å². The quantitative estimate of drug-likeness (QED) is 0.799. The maximum absolute atomic E-state index is 5.40. The normalized spacial score (nSPS) is 21.1. The number of aromatic amines is 1. The number of ether oxygens (including phenoxy) is 1. The van der Waals surface area contributed by atoms with Crippen LogP contribution in [0.5, 0.6) is 0 Å². The highest BCUT2D eigenvalue weighted by Gasteiger charge is 2.18. The fourth-order valence-corrected chi connectivity index (χ4v) is 2.44. The largest absolute Gasteiger partial charge is 0.378 e. The molecule has 2 N–H and O–H groups in total. The molecule has 7 heteroatoms. The van der Waals surface area contributed by atoms with Crippen molar-refractivity contribution in [1.29, 1.82) is 0 Å². The van der Waals surface area contributed by atoms with Gasteiger partial charge in [-0.1, -0.05) is 0 Å². The summed E-state index contributed by atoms with van der Waals surface area (Å²) < 4.78 is 5.40. The first-order valence-electron chi connectivity index (χ1n) is 5.06. The molecule has 0 radical (unpaired) electrons. The Labute approximate surface area is 96.1 Å². The van der Waals surface area contributed by atoms with E-state index in [9.17, 15) is 0 Å². The first-order chi connectivity index (χ1) is 7.93. The first-order valence-corrected chi connectivity index (χ1v) is 5.94. The van der Waals surface area contributed by atoms with E-state index in [4.69, 9.17) is 4.74 Å². The Balaban J connectivity index is 1.82. The molecule has 1 aliphatic rings. The molecular weight excluding hydrogens is 226 g/mol. The van der Waals surface area contributed by atoms with Crippen LogP contribution in [-0.2, 0) is 4.74 Å². The average molecular weight is 237 g/mol. The van der Waals surface area contributed by atoms with Crippen molar-refractivity contribution < 1.29 is 4.74 Å². The van der Waals surface area contributed by atoms with Crippen molar-refractivity contribution in [2.75, 3.05) is 19.8 Å². The zero-order valence-corrected chi connectivity index (χ0v) is 9.33. The van der Waals surface area contributed by atoms with Gasteiger partial charge in [0.1, 0.15) is 6.33 Å². The highest BCUT2D eigenvalue weighted by molar-refractivity contribution is 7.13. The molecule has 0 saturated carbocycles. The number of hydrogen-bond acceptors (Lipinski definition) is 6.